The second kappa shape index (κ2) is 5.36. The molecule has 0 aliphatic rings. The van der Waals surface area contributed by atoms with Gasteiger partial charge in [-0.15, -0.1) is 0 Å². The lowest BCUT2D eigenvalue weighted by atomic mass is 10.1. The van der Waals surface area contributed by atoms with E-state index in [0.717, 1.165) is 22.4 Å². The molecule has 0 spiro atoms. The third-order valence-electron chi connectivity index (χ3n) is 3.45. The van der Waals surface area contributed by atoms with E-state index in [-0.39, 0.29) is 6.04 Å². The van der Waals surface area contributed by atoms with Gasteiger partial charge in [-0.1, -0.05) is 12.1 Å². The average molecular weight is 268 g/mol. The summed E-state index contributed by atoms with van der Waals surface area (Å²) in [6.07, 6.45) is 5.71. The van der Waals surface area contributed by atoms with Crippen LogP contribution >= 0.6 is 0 Å². The predicted molar refractivity (Wildman–Crippen MR) is 76.5 cm³/mol. The van der Waals surface area contributed by atoms with Gasteiger partial charge in [-0.2, -0.15) is 0 Å². The predicted octanol–water partition coefficient (Wildman–Crippen LogP) is 1.11. The molecular formula is C14H16N6. The van der Waals surface area contributed by atoms with Crippen LogP contribution in [0.2, 0.25) is 0 Å². The van der Waals surface area contributed by atoms with E-state index < -0.39 is 0 Å². The van der Waals surface area contributed by atoms with Crippen molar-refractivity contribution in [1.29, 1.82) is 0 Å². The van der Waals surface area contributed by atoms with Crippen LogP contribution in [0.4, 0.5) is 0 Å². The fourth-order valence-corrected chi connectivity index (χ4v) is 2.32. The summed E-state index contributed by atoms with van der Waals surface area (Å²) < 4.78 is 2.09. The highest BCUT2D eigenvalue weighted by Crippen LogP contribution is 2.19. The number of nitrogens with two attached hydrogens (primary N) is 1. The molecule has 0 aliphatic carbocycles. The Morgan fingerprint density at radius 2 is 2.00 bits per heavy atom. The van der Waals surface area contributed by atoms with Crippen molar-refractivity contribution in [2.75, 3.05) is 0 Å². The fourth-order valence-electron chi connectivity index (χ4n) is 2.32. The van der Waals surface area contributed by atoms with E-state index in [4.69, 9.17) is 5.84 Å². The lowest BCUT2D eigenvalue weighted by molar-refractivity contribution is 0.528. The number of fused-ring (bicyclic) bond motifs is 1. The van der Waals surface area contributed by atoms with Crippen LogP contribution in [-0.4, -0.2) is 19.5 Å². The Morgan fingerprint density at radius 3 is 2.70 bits per heavy atom. The largest absolute Gasteiger partial charge is 0.331 e. The van der Waals surface area contributed by atoms with Crippen LogP contribution in [0.1, 0.15) is 17.4 Å². The number of para-hydroxylation sites is 2. The maximum absolute atomic E-state index is 5.65. The van der Waals surface area contributed by atoms with Crippen LogP contribution in [0.3, 0.4) is 0 Å². The van der Waals surface area contributed by atoms with Gasteiger partial charge in [0.1, 0.15) is 12.2 Å². The number of nitrogens with one attached hydrogen (secondary N) is 1. The summed E-state index contributed by atoms with van der Waals surface area (Å²) in [5.41, 5.74) is 5.86. The number of aromatic nitrogens is 4. The Bertz CT molecular complexity index is 706. The van der Waals surface area contributed by atoms with Crippen molar-refractivity contribution in [3.63, 3.8) is 0 Å². The molecule has 0 saturated heterocycles. The summed E-state index contributed by atoms with van der Waals surface area (Å²) in [5, 5.41) is 0. The van der Waals surface area contributed by atoms with Gasteiger partial charge in [-0.3, -0.25) is 11.3 Å². The van der Waals surface area contributed by atoms with Crippen molar-refractivity contribution >= 4 is 11.0 Å². The summed E-state index contributed by atoms with van der Waals surface area (Å²) in [6, 6.07) is 8.00. The molecule has 2 aromatic heterocycles. The van der Waals surface area contributed by atoms with E-state index >= 15 is 0 Å². The average Bonchev–Trinajstić information content (AvgIpc) is 2.82. The maximum Gasteiger partial charge on any atom is 0.115 e. The Morgan fingerprint density at radius 1 is 1.25 bits per heavy atom. The number of hydrogen-bond donors (Lipinski definition) is 2. The van der Waals surface area contributed by atoms with Gasteiger partial charge in [0, 0.05) is 31.4 Å². The molecule has 0 aliphatic heterocycles. The summed E-state index contributed by atoms with van der Waals surface area (Å²) in [4.78, 5) is 12.7. The van der Waals surface area contributed by atoms with Gasteiger partial charge in [-0.05, 0) is 12.1 Å². The van der Waals surface area contributed by atoms with E-state index in [2.05, 4.69) is 31.0 Å². The number of hydrogen-bond acceptors (Lipinski definition) is 5. The summed E-state index contributed by atoms with van der Waals surface area (Å²) in [5.74, 6) is 6.62. The summed E-state index contributed by atoms with van der Waals surface area (Å²) >= 11 is 0. The standard InChI is InChI=1S/C14H16N6/c1-20-13-5-3-2-4-11(13)18-14(20)6-12(19-15)10-7-16-9-17-8-10/h2-5,7-9,12,19H,6,15H2,1H3. The fraction of sp³-hybridized carbons (Fsp3) is 0.214. The monoisotopic (exact) mass is 268 g/mol. The second-order valence-corrected chi connectivity index (χ2v) is 4.67. The first kappa shape index (κ1) is 12.7. The van der Waals surface area contributed by atoms with Gasteiger partial charge in [0.25, 0.3) is 0 Å². The molecule has 3 rings (SSSR count). The number of hydrazine groups is 1. The molecule has 20 heavy (non-hydrogen) atoms. The van der Waals surface area contributed by atoms with E-state index in [1.165, 1.54) is 6.33 Å². The van der Waals surface area contributed by atoms with Crippen molar-refractivity contribution in [3.8, 4) is 0 Å². The molecule has 1 aromatic carbocycles. The highest BCUT2D eigenvalue weighted by Gasteiger charge is 2.15. The maximum atomic E-state index is 5.65. The molecule has 1 unspecified atom stereocenters. The molecule has 2 heterocycles. The number of nitrogens with zero attached hydrogens (tertiary/aromatic N) is 4. The highest BCUT2D eigenvalue weighted by atomic mass is 15.2. The van der Waals surface area contributed by atoms with Crippen LogP contribution in [-0.2, 0) is 13.5 Å². The van der Waals surface area contributed by atoms with Crippen molar-refractivity contribution in [3.05, 3.63) is 54.4 Å². The zero-order valence-electron chi connectivity index (χ0n) is 11.2. The first-order valence-electron chi connectivity index (χ1n) is 6.41. The quantitative estimate of drug-likeness (QED) is 0.547. The highest BCUT2D eigenvalue weighted by molar-refractivity contribution is 5.75. The molecule has 0 saturated carbocycles. The molecule has 3 N–H and O–H groups in total. The number of imidazole rings is 1. The van der Waals surface area contributed by atoms with Crippen LogP contribution in [0.15, 0.2) is 43.0 Å². The molecular weight excluding hydrogens is 252 g/mol. The molecule has 0 amide bonds. The molecule has 0 radical (unpaired) electrons. The molecule has 1 atom stereocenters. The molecule has 0 bridgehead atoms. The van der Waals surface area contributed by atoms with Crippen molar-refractivity contribution < 1.29 is 0 Å². The van der Waals surface area contributed by atoms with Crippen LogP contribution in [0, 0.1) is 0 Å². The van der Waals surface area contributed by atoms with Gasteiger partial charge >= 0.3 is 0 Å². The minimum absolute atomic E-state index is 0.0632. The molecule has 102 valence electrons. The van der Waals surface area contributed by atoms with Crippen molar-refractivity contribution in [2.45, 2.75) is 12.5 Å². The third-order valence-corrected chi connectivity index (χ3v) is 3.45. The Hall–Kier alpha value is -2.31. The summed E-state index contributed by atoms with van der Waals surface area (Å²) in [7, 11) is 2.01. The van der Waals surface area contributed by atoms with Crippen LogP contribution < -0.4 is 11.3 Å². The lowest BCUT2D eigenvalue weighted by Crippen LogP contribution is -2.30. The first-order chi connectivity index (χ1) is 9.79. The zero-order chi connectivity index (χ0) is 13.9. The lowest BCUT2D eigenvalue weighted by Gasteiger charge is -2.15. The van der Waals surface area contributed by atoms with Crippen LogP contribution in [0.25, 0.3) is 11.0 Å². The normalized spacial score (nSPS) is 12.7. The molecule has 6 heteroatoms. The molecule has 0 fully saturated rings. The molecule has 3 aromatic rings. The van der Waals surface area contributed by atoms with Gasteiger partial charge in [-0.25, -0.2) is 15.0 Å². The van der Waals surface area contributed by atoms with Crippen molar-refractivity contribution in [1.82, 2.24) is 24.9 Å². The Labute approximate surface area is 116 Å². The summed E-state index contributed by atoms with van der Waals surface area (Å²) in [6.45, 7) is 0. The van der Waals surface area contributed by atoms with E-state index in [0.29, 0.717) is 6.42 Å². The Kier molecular flexibility index (Phi) is 3.41. The molecule has 6 nitrogen and oxygen atoms in total. The number of rotatable bonds is 4. The van der Waals surface area contributed by atoms with Gasteiger partial charge in [0.15, 0.2) is 0 Å². The van der Waals surface area contributed by atoms with Gasteiger partial charge < -0.3 is 4.57 Å². The minimum atomic E-state index is -0.0632. The first-order valence-corrected chi connectivity index (χ1v) is 6.41. The third kappa shape index (κ3) is 2.26. The second-order valence-electron chi connectivity index (χ2n) is 4.67. The van der Waals surface area contributed by atoms with Gasteiger partial charge in [0.05, 0.1) is 17.1 Å². The van der Waals surface area contributed by atoms with Gasteiger partial charge in [0.2, 0.25) is 0 Å². The van der Waals surface area contributed by atoms with E-state index in [1.807, 2.05) is 25.2 Å². The SMILES string of the molecule is Cn1c(CC(NN)c2cncnc2)nc2ccccc21. The van der Waals surface area contributed by atoms with E-state index in [9.17, 15) is 0 Å². The van der Waals surface area contributed by atoms with Crippen molar-refractivity contribution in [2.24, 2.45) is 12.9 Å². The van der Waals surface area contributed by atoms with E-state index in [1.54, 1.807) is 12.4 Å². The topological polar surface area (TPSA) is 81.7 Å². The minimum Gasteiger partial charge on any atom is -0.331 e. The smallest absolute Gasteiger partial charge is 0.115 e. The number of aryl methyl sites for hydroxylation is 1. The Balaban J connectivity index is 1.94. The zero-order valence-corrected chi connectivity index (χ0v) is 11.2. The number of benzene rings is 1. The van der Waals surface area contributed by atoms with Crippen LogP contribution in [0.5, 0.6) is 0 Å².